The molecule has 2 fully saturated rings. The topological polar surface area (TPSA) is 62.7 Å². The Morgan fingerprint density at radius 1 is 1.25 bits per heavy atom. The Labute approximate surface area is 145 Å². The van der Waals surface area contributed by atoms with Gasteiger partial charge in [-0.2, -0.15) is 5.10 Å². The number of piperidine rings is 2. The zero-order valence-electron chi connectivity index (χ0n) is 15.4. The number of likely N-dealkylation sites (tertiary alicyclic amines) is 2. The molecule has 6 nitrogen and oxygen atoms in total. The molecule has 1 aromatic heterocycles. The third-order valence-corrected chi connectivity index (χ3v) is 5.76. The first-order valence-electron chi connectivity index (χ1n) is 9.29. The van der Waals surface area contributed by atoms with Crippen LogP contribution in [0, 0.1) is 11.8 Å². The number of nitrogens with two attached hydrogens (primary N) is 1. The Balaban J connectivity index is 1.68. The average molecular weight is 332 g/mol. The van der Waals surface area contributed by atoms with E-state index >= 15 is 0 Å². The van der Waals surface area contributed by atoms with Gasteiger partial charge in [0, 0.05) is 32.9 Å². The van der Waals surface area contributed by atoms with E-state index in [9.17, 15) is 0 Å². The molecule has 0 spiro atoms. The molecular formula is C18H32N6. The summed E-state index contributed by atoms with van der Waals surface area (Å²) < 4.78 is 2.00. The Bertz CT molecular complexity index is 558. The molecule has 0 unspecified atom stereocenters. The van der Waals surface area contributed by atoms with Crippen molar-refractivity contribution >= 4 is 5.96 Å². The van der Waals surface area contributed by atoms with Crippen LogP contribution in [0.1, 0.15) is 44.3 Å². The number of hydrogen-bond acceptors (Lipinski definition) is 3. The molecule has 2 saturated heterocycles. The van der Waals surface area contributed by atoms with E-state index in [4.69, 9.17) is 10.7 Å². The predicted octanol–water partition coefficient (Wildman–Crippen LogP) is 1.85. The zero-order chi connectivity index (χ0) is 17.1. The Morgan fingerprint density at radius 2 is 2.00 bits per heavy atom. The molecule has 6 heteroatoms. The van der Waals surface area contributed by atoms with Crippen LogP contribution in [0.2, 0.25) is 0 Å². The molecular weight excluding hydrogens is 300 g/mol. The first-order chi connectivity index (χ1) is 11.6. The molecule has 2 aliphatic heterocycles. The molecule has 2 atom stereocenters. The van der Waals surface area contributed by atoms with Gasteiger partial charge in [-0.3, -0.25) is 14.6 Å². The Morgan fingerprint density at radius 3 is 2.67 bits per heavy atom. The van der Waals surface area contributed by atoms with Gasteiger partial charge in [0.15, 0.2) is 5.96 Å². The quantitative estimate of drug-likeness (QED) is 0.678. The lowest BCUT2D eigenvalue weighted by Crippen LogP contribution is -2.43. The lowest BCUT2D eigenvalue weighted by molar-refractivity contribution is 0.118. The summed E-state index contributed by atoms with van der Waals surface area (Å²) in [5, 5.41) is 4.36. The van der Waals surface area contributed by atoms with Crippen LogP contribution in [0.4, 0.5) is 0 Å². The fourth-order valence-electron chi connectivity index (χ4n) is 4.14. The van der Waals surface area contributed by atoms with E-state index in [0.29, 0.717) is 12.0 Å². The molecule has 3 rings (SSSR count). The molecule has 0 saturated carbocycles. The number of aromatic nitrogens is 2. The van der Waals surface area contributed by atoms with E-state index in [2.05, 4.69) is 34.9 Å². The first kappa shape index (κ1) is 17.3. The monoisotopic (exact) mass is 332 g/mol. The highest BCUT2D eigenvalue weighted by Gasteiger charge is 2.32. The van der Waals surface area contributed by atoms with Gasteiger partial charge in [0.2, 0.25) is 0 Å². The van der Waals surface area contributed by atoms with Crippen molar-refractivity contribution in [3.63, 3.8) is 0 Å². The third kappa shape index (κ3) is 3.74. The van der Waals surface area contributed by atoms with Crippen LogP contribution in [0.3, 0.4) is 0 Å². The highest BCUT2D eigenvalue weighted by atomic mass is 15.3. The second-order valence-electron chi connectivity index (χ2n) is 7.58. The minimum absolute atomic E-state index is 0.379. The summed E-state index contributed by atoms with van der Waals surface area (Å²) in [5.74, 6) is 2.05. The Kier molecular flexibility index (Phi) is 5.43. The van der Waals surface area contributed by atoms with Gasteiger partial charge in [0.1, 0.15) is 0 Å². The lowest BCUT2D eigenvalue weighted by atomic mass is 9.87. The number of aryl methyl sites for hydroxylation is 1. The van der Waals surface area contributed by atoms with Gasteiger partial charge in [-0.15, -0.1) is 0 Å². The maximum Gasteiger partial charge on any atom is 0.191 e. The fourth-order valence-corrected chi connectivity index (χ4v) is 4.14. The van der Waals surface area contributed by atoms with E-state index < -0.39 is 0 Å². The number of aliphatic imine (C=N–C) groups is 1. The molecule has 0 amide bonds. The number of rotatable bonds is 3. The number of guanidine groups is 1. The summed E-state index contributed by atoms with van der Waals surface area (Å²) in [6, 6.07) is 2.52. The second kappa shape index (κ2) is 7.55. The smallest absolute Gasteiger partial charge is 0.191 e. The summed E-state index contributed by atoms with van der Waals surface area (Å²) in [5.41, 5.74) is 7.56. The minimum Gasteiger partial charge on any atom is -0.370 e. The fraction of sp³-hybridized carbons (Fsp3) is 0.778. The lowest BCUT2D eigenvalue weighted by Gasteiger charge is -2.39. The normalized spacial score (nSPS) is 27.6. The predicted molar refractivity (Wildman–Crippen MR) is 97.8 cm³/mol. The van der Waals surface area contributed by atoms with E-state index in [-0.39, 0.29) is 0 Å². The van der Waals surface area contributed by atoms with Crippen LogP contribution >= 0.6 is 0 Å². The van der Waals surface area contributed by atoms with Crippen LogP contribution in [-0.4, -0.2) is 58.8 Å². The van der Waals surface area contributed by atoms with Gasteiger partial charge >= 0.3 is 0 Å². The minimum atomic E-state index is 0.379. The molecule has 0 aromatic carbocycles. The highest BCUT2D eigenvalue weighted by molar-refractivity contribution is 5.78. The molecule has 3 heterocycles. The summed E-state index contributed by atoms with van der Waals surface area (Å²) in [6.45, 7) is 6.35. The molecule has 24 heavy (non-hydrogen) atoms. The van der Waals surface area contributed by atoms with Gasteiger partial charge in [-0.1, -0.05) is 6.92 Å². The summed E-state index contributed by atoms with van der Waals surface area (Å²) in [4.78, 5) is 9.48. The number of nitrogens with zero attached hydrogens (tertiary/aromatic N) is 5. The van der Waals surface area contributed by atoms with Crippen molar-refractivity contribution in [3.8, 4) is 0 Å². The Hall–Kier alpha value is -1.56. The maximum atomic E-state index is 6.28. The molecule has 0 bridgehead atoms. The molecule has 134 valence electrons. The largest absolute Gasteiger partial charge is 0.370 e. The highest BCUT2D eigenvalue weighted by Crippen LogP contribution is 2.34. The van der Waals surface area contributed by atoms with Crippen molar-refractivity contribution in [3.05, 3.63) is 18.0 Å². The molecule has 1 aromatic rings. The van der Waals surface area contributed by atoms with Crippen LogP contribution < -0.4 is 5.73 Å². The molecule has 0 aliphatic carbocycles. The average Bonchev–Trinajstić information content (AvgIpc) is 2.99. The summed E-state index contributed by atoms with van der Waals surface area (Å²) >= 11 is 0. The molecule has 2 N–H and O–H groups in total. The molecule has 0 radical (unpaired) electrons. The van der Waals surface area contributed by atoms with Crippen molar-refractivity contribution in [2.45, 2.75) is 38.6 Å². The second-order valence-corrected chi connectivity index (χ2v) is 7.58. The first-order valence-corrected chi connectivity index (χ1v) is 9.29. The van der Waals surface area contributed by atoms with Crippen molar-refractivity contribution < 1.29 is 0 Å². The van der Waals surface area contributed by atoms with Crippen LogP contribution in [0.5, 0.6) is 0 Å². The van der Waals surface area contributed by atoms with E-state index in [1.165, 1.54) is 31.4 Å². The summed E-state index contributed by atoms with van der Waals surface area (Å²) in [6.07, 6.45) is 6.77. The van der Waals surface area contributed by atoms with Gasteiger partial charge in [0.05, 0.1) is 11.7 Å². The maximum absolute atomic E-state index is 6.28. The molecule has 2 aliphatic rings. The van der Waals surface area contributed by atoms with Crippen LogP contribution in [-0.2, 0) is 7.05 Å². The van der Waals surface area contributed by atoms with Gasteiger partial charge in [0.25, 0.3) is 0 Å². The summed E-state index contributed by atoms with van der Waals surface area (Å²) in [7, 11) is 4.24. The SMILES string of the molecule is CC1CCN(C(N)=NC[C@@H]2CCCN(C)[C@H]2c2ccnn2C)CC1. The van der Waals surface area contributed by atoms with Crippen molar-refractivity contribution in [1.82, 2.24) is 19.6 Å². The van der Waals surface area contributed by atoms with Crippen molar-refractivity contribution in [2.75, 3.05) is 33.2 Å². The van der Waals surface area contributed by atoms with Gasteiger partial charge in [-0.05, 0) is 57.2 Å². The van der Waals surface area contributed by atoms with Crippen molar-refractivity contribution in [2.24, 2.45) is 29.6 Å². The van der Waals surface area contributed by atoms with E-state index in [1.54, 1.807) is 0 Å². The van der Waals surface area contributed by atoms with E-state index in [0.717, 1.165) is 38.1 Å². The van der Waals surface area contributed by atoms with Crippen LogP contribution in [0.15, 0.2) is 17.3 Å². The number of hydrogen-bond donors (Lipinski definition) is 1. The van der Waals surface area contributed by atoms with Crippen molar-refractivity contribution in [1.29, 1.82) is 0 Å². The van der Waals surface area contributed by atoms with Crippen LogP contribution in [0.25, 0.3) is 0 Å². The third-order valence-electron chi connectivity index (χ3n) is 5.76. The standard InChI is InChI=1S/C18H32N6/c1-14-7-11-24(12-8-14)18(19)20-13-15-5-4-10-22(2)17(15)16-6-9-21-23(16)3/h6,9,14-15,17H,4-5,7-8,10-13H2,1-3H3,(H2,19,20)/t15-,17+/m0/s1. The zero-order valence-corrected chi connectivity index (χ0v) is 15.4. The van der Waals surface area contributed by atoms with E-state index in [1.807, 2.05) is 17.9 Å². The van der Waals surface area contributed by atoms with Gasteiger partial charge in [-0.25, -0.2) is 0 Å². The van der Waals surface area contributed by atoms with Gasteiger partial charge < -0.3 is 10.6 Å².